The number of amides is 2. The monoisotopic (exact) mass is 336 g/mol. The zero-order chi connectivity index (χ0) is 14.3. The normalized spacial score (nSPS) is 22.1. The fraction of sp³-hybridized carbons (Fsp3) is 0.467. The Balaban J connectivity index is 1.78. The molecular weight excluding hydrogens is 320 g/mol. The van der Waals surface area contributed by atoms with E-state index in [9.17, 15) is 9.59 Å². The number of fused-ring (bicyclic) bond motifs is 1. The Morgan fingerprint density at radius 2 is 2.15 bits per heavy atom. The summed E-state index contributed by atoms with van der Waals surface area (Å²) < 4.78 is 0.918. The van der Waals surface area contributed by atoms with Gasteiger partial charge in [0.25, 0.3) is 5.91 Å². The SMILES string of the molecule is Cc1ccc(Br)cc1C(=O)N1CCN2C(=O)CCC2C1. The zero-order valence-corrected chi connectivity index (χ0v) is 13.0. The van der Waals surface area contributed by atoms with Crippen LogP contribution in [0.3, 0.4) is 0 Å². The molecule has 20 heavy (non-hydrogen) atoms. The van der Waals surface area contributed by atoms with Crippen LogP contribution in [0.1, 0.15) is 28.8 Å². The molecule has 3 rings (SSSR count). The van der Waals surface area contributed by atoms with Crippen molar-refractivity contribution in [3.8, 4) is 0 Å². The summed E-state index contributed by atoms with van der Waals surface area (Å²) in [6, 6.07) is 5.99. The van der Waals surface area contributed by atoms with Gasteiger partial charge >= 0.3 is 0 Å². The van der Waals surface area contributed by atoms with Gasteiger partial charge in [0.2, 0.25) is 5.91 Å². The number of carbonyl (C=O) groups is 2. The molecule has 0 aromatic heterocycles. The van der Waals surface area contributed by atoms with E-state index in [1.807, 2.05) is 34.9 Å². The fourth-order valence-corrected chi connectivity index (χ4v) is 3.40. The number of hydrogen-bond donors (Lipinski definition) is 0. The molecule has 2 aliphatic rings. The molecule has 0 radical (unpaired) electrons. The first-order valence-electron chi connectivity index (χ1n) is 6.91. The van der Waals surface area contributed by atoms with E-state index in [0.29, 0.717) is 26.1 Å². The summed E-state index contributed by atoms with van der Waals surface area (Å²) in [6.45, 7) is 3.92. The molecule has 2 heterocycles. The lowest BCUT2D eigenvalue weighted by atomic mass is 10.1. The lowest BCUT2D eigenvalue weighted by Gasteiger charge is -2.37. The number of benzene rings is 1. The first kappa shape index (κ1) is 13.6. The van der Waals surface area contributed by atoms with Gasteiger partial charge in [-0.2, -0.15) is 0 Å². The van der Waals surface area contributed by atoms with Crippen LogP contribution in [0.25, 0.3) is 0 Å². The van der Waals surface area contributed by atoms with E-state index >= 15 is 0 Å². The van der Waals surface area contributed by atoms with Crippen molar-refractivity contribution in [1.82, 2.24) is 9.80 Å². The Morgan fingerprint density at radius 3 is 2.95 bits per heavy atom. The van der Waals surface area contributed by atoms with Gasteiger partial charge < -0.3 is 9.80 Å². The lowest BCUT2D eigenvalue weighted by molar-refractivity contribution is -0.130. The van der Waals surface area contributed by atoms with Crippen molar-refractivity contribution in [3.63, 3.8) is 0 Å². The summed E-state index contributed by atoms with van der Waals surface area (Å²) in [6.07, 6.45) is 1.50. The van der Waals surface area contributed by atoms with Gasteiger partial charge in [0, 0.05) is 42.1 Å². The molecular formula is C15H17BrN2O2. The molecule has 2 fully saturated rings. The van der Waals surface area contributed by atoms with E-state index < -0.39 is 0 Å². The van der Waals surface area contributed by atoms with Crippen molar-refractivity contribution in [1.29, 1.82) is 0 Å². The van der Waals surface area contributed by atoms with Crippen LogP contribution < -0.4 is 0 Å². The minimum absolute atomic E-state index is 0.0720. The van der Waals surface area contributed by atoms with Crippen molar-refractivity contribution < 1.29 is 9.59 Å². The summed E-state index contributed by atoms with van der Waals surface area (Å²) in [5.41, 5.74) is 1.74. The second-order valence-electron chi connectivity index (χ2n) is 5.49. The molecule has 0 bridgehead atoms. The maximum Gasteiger partial charge on any atom is 0.254 e. The largest absolute Gasteiger partial charge is 0.336 e. The number of carbonyl (C=O) groups excluding carboxylic acids is 2. The van der Waals surface area contributed by atoms with Crippen LogP contribution in [-0.2, 0) is 4.79 Å². The third kappa shape index (κ3) is 2.35. The molecule has 1 aromatic carbocycles. The Bertz CT molecular complexity index is 573. The van der Waals surface area contributed by atoms with Gasteiger partial charge in [-0.25, -0.2) is 0 Å². The Hall–Kier alpha value is -1.36. The first-order chi connectivity index (χ1) is 9.56. The maximum absolute atomic E-state index is 12.6. The van der Waals surface area contributed by atoms with Crippen molar-refractivity contribution in [2.45, 2.75) is 25.8 Å². The van der Waals surface area contributed by atoms with Crippen LogP contribution in [0.5, 0.6) is 0 Å². The van der Waals surface area contributed by atoms with E-state index in [-0.39, 0.29) is 17.9 Å². The lowest BCUT2D eigenvalue weighted by Crippen LogP contribution is -2.53. The molecule has 1 unspecified atom stereocenters. The van der Waals surface area contributed by atoms with Gasteiger partial charge in [-0.3, -0.25) is 9.59 Å². The molecule has 5 heteroatoms. The quantitative estimate of drug-likeness (QED) is 0.788. The average molecular weight is 337 g/mol. The second kappa shape index (κ2) is 5.20. The Labute approximate surface area is 126 Å². The highest BCUT2D eigenvalue weighted by Crippen LogP contribution is 2.25. The standard InChI is InChI=1S/C15H17BrN2O2/c1-10-2-3-11(16)8-13(10)15(20)17-6-7-18-12(9-17)4-5-14(18)19/h2-3,8,12H,4-7,9H2,1H3. The molecule has 0 aliphatic carbocycles. The number of aryl methyl sites for hydroxylation is 1. The Kier molecular flexibility index (Phi) is 3.54. The maximum atomic E-state index is 12.6. The highest BCUT2D eigenvalue weighted by atomic mass is 79.9. The summed E-state index contributed by atoms with van der Waals surface area (Å²) in [7, 11) is 0. The molecule has 1 atom stereocenters. The van der Waals surface area contributed by atoms with E-state index in [4.69, 9.17) is 0 Å². The van der Waals surface area contributed by atoms with Crippen LogP contribution in [0.4, 0.5) is 0 Å². The average Bonchev–Trinajstić information content (AvgIpc) is 2.82. The van der Waals surface area contributed by atoms with Crippen LogP contribution in [0.2, 0.25) is 0 Å². The zero-order valence-electron chi connectivity index (χ0n) is 11.4. The summed E-state index contributed by atoms with van der Waals surface area (Å²) in [5, 5.41) is 0. The molecule has 1 aromatic rings. The van der Waals surface area contributed by atoms with Gasteiger partial charge in [0.05, 0.1) is 0 Å². The molecule has 0 spiro atoms. The summed E-state index contributed by atoms with van der Waals surface area (Å²) in [4.78, 5) is 28.1. The highest BCUT2D eigenvalue weighted by molar-refractivity contribution is 9.10. The molecule has 2 aliphatic heterocycles. The van der Waals surface area contributed by atoms with Gasteiger partial charge in [-0.1, -0.05) is 22.0 Å². The van der Waals surface area contributed by atoms with Crippen LogP contribution in [0, 0.1) is 6.92 Å². The third-order valence-electron chi connectivity index (χ3n) is 4.21. The van der Waals surface area contributed by atoms with Gasteiger partial charge in [0.1, 0.15) is 0 Å². The smallest absolute Gasteiger partial charge is 0.254 e. The van der Waals surface area contributed by atoms with E-state index in [0.717, 1.165) is 22.0 Å². The second-order valence-corrected chi connectivity index (χ2v) is 6.41. The highest BCUT2D eigenvalue weighted by Gasteiger charge is 2.37. The van der Waals surface area contributed by atoms with Crippen LogP contribution >= 0.6 is 15.9 Å². The molecule has 0 N–H and O–H groups in total. The fourth-order valence-electron chi connectivity index (χ4n) is 3.04. The predicted octanol–water partition coefficient (Wildman–Crippen LogP) is 2.20. The number of rotatable bonds is 1. The topological polar surface area (TPSA) is 40.6 Å². The van der Waals surface area contributed by atoms with Crippen molar-refractivity contribution in [2.24, 2.45) is 0 Å². The van der Waals surface area contributed by atoms with Gasteiger partial charge in [-0.15, -0.1) is 0 Å². The van der Waals surface area contributed by atoms with E-state index in [1.54, 1.807) is 0 Å². The predicted molar refractivity (Wildman–Crippen MR) is 79.5 cm³/mol. The minimum atomic E-state index is 0.0720. The molecule has 2 saturated heterocycles. The van der Waals surface area contributed by atoms with Crippen LogP contribution in [-0.4, -0.2) is 47.3 Å². The van der Waals surface area contributed by atoms with Crippen LogP contribution in [0.15, 0.2) is 22.7 Å². The van der Waals surface area contributed by atoms with Crippen molar-refractivity contribution in [2.75, 3.05) is 19.6 Å². The molecule has 0 saturated carbocycles. The van der Waals surface area contributed by atoms with Gasteiger partial charge in [-0.05, 0) is 31.0 Å². The molecule has 4 nitrogen and oxygen atoms in total. The van der Waals surface area contributed by atoms with E-state index in [1.165, 1.54) is 0 Å². The molecule has 2 amide bonds. The third-order valence-corrected chi connectivity index (χ3v) is 4.70. The number of nitrogens with zero attached hydrogens (tertiary/aromatic N) is 2. The number of halogens is 1. The summed E-state index contributed by atoms with van der Waals surface area (Å²) in [5.74, 6) is 0.309. The first-order valence-corrected chi connectivity index (χ1v) is 7.70. The van der Waals surface area contributed by atoms with Crippen molar-refractivity contribution >= 4 is 27.7 Å². The van der Waals surface area contributed by atoms with Gasteiger partial charge in [0.15, 0.2) is 0 Å². The number of hydrogen-bond acceptors (Lipinski definition) is 2. The summed E-state index contributed by atoms with van der Waals surface area (Å²) >= 11 is 3.42. The van der Waals surface area contributed by atoms with Crippen molar-refractivity contribution in [3.05, 3.63) is 33.8 Å². The minimum Gasteiger partial charge on any atom is -0.336 e. The van der Waals surface area contributed by atoms with E-state index in [2.05, 4.69) is 15.9 Å². The Morgan fingerprint density at radius 1 is 1.35 bits per heavy atom. The molecule has 106 valence electrons. The number of piperazine rings is 1.